The van der Waals surface area contributed by atoms with Crippen LogP contribution in [0.1, 0.15) is 38.2 Å². The van der Waals surface area contributed by atoms with Crippen LogP contribution in [0.25, 0.3) is 0 Å². The lowest BCUT2D eigenvalue weighted by Crippen LogP contribution is -2.60. The number of ether oxygens (including phenoxy) is 2. The molecule has 0 bridgehead atoms. The third kappa shape index (κ3) is 6.30. The first-order chi connectivity index (χ1) is 18.5. The molecule has 1 saturated heterocycles. The van der Waals surface area contributed by atoms with E-state index in [1.54, 1.807) is 19.1 Å². The van der Waals surface area contributed by atoms with Crippen molar-refractivity contribution in [1.82, 2.24) is 0 Å². The molecule has 1 aromatic carbocycles. The van der Waals surface area contributed by atoms with Crippen molar-refractivity contribution in [2.75, 3.05) is 30.5 Å². The Morgan fingerprint density at radius 1 is 1.18 bits per heavy atom. The van der Waals surface area contributed by atoms with Crippen LogP contribution in [0.4, 0.5) is 11.4 Å². The Bertz CT molecular complexity index is 1080. The van der Waals surface area contributed by atoms with Crippen LogP contribution >= 0.6 is 0 Å². The number of carbonyl (C=O) groups is 3. The van der Waals surface area contributed by atoms with Crippen LogP contribution in [0.3, 0.4) is 0 Å². The standard InChI is InChI=1S/C26H36N2O11/c1-14(7-4-6-12-29)26(37)16-13-15(27-23(34)22-20(32)19(31)21(33)24(35)39-22)9-10-17(16)28(25(26)36)11-5-3-8-18(30)38-2/h4,7,9-10,13-14,19-22,24,29,31-33,35,37H,3,5-6,8,11-12H2,1-2H3,(H,27,34)/b7-4+/t14-,19+,20+,21-,22+,24-,26+/m1/s1. The molecule has 0 radical (unpaired) electrons. The van der Waals surface area contributed by atoms with Crippen molar-refractivity contribution in [2.45, 2.75) is 68.9 Å². The van der Waals surface area contributed by atoms with Gasteiger partial charge in [0, 0.05) is 36.7 Å². The molecular weight excluding hydrogens is 516 g/mol. The second-order valence-electron chi connectivity index (χ2n) is 9.63. The topological polar surface area (TPSA) is 206 Å². The van der Waals surface area contributed by atoms with E-state index in [1.165, 1.54) is 30.2 Å². The van der Waals surface area contributed by atoms with Crippen molar-refractivity contribution in [2.24, 2.45) is 5.92 Å². The Labute approximate surface area is 225 Å². The second kappa shape index (κ2) is 13.0. The first kappa shape index (κ1) is 30.6. The van der Waals surface area contributed by atoms with Gasteiger partial charge in [0.25, 0.3) is 11.8 Å². The van der Waals surface area contributed by atoms with Crippen molar-refractivity contribution in [3.8, 4) is 0 Å². The van der Waals surface area contributed by atoms with E-state index in [0.717, 1.165) is 0 Å². The van der Waals surface area contributed by atoms with E-state index < -0.39 is 54.0 Å². The number of aliphatic hydroxyl groups is 6. The van der Waals surface area contributed by atoms with E-state index in [-0.39, 0.29) is 36.8 Å². The second-order valence-corrected chi connectivity index (χ2v) is 9.63. The lowest BCUT2D eigenvalue weighted by Gasteiger charge is -2.37. The Kier molecular flexibility index (Phi) is 10.2. The van der Waals surface area contributed by atoms with Gasteiger partial charge in [0.1, 0.15) is 18.3 Å². The summed E-state index contributed by atoms with van der Waals surface area (Å²) in [6.45, 7) is 1.75. The van der Waals surface area contributed by atoms with Gasteiger partial charge in [0.15, 0.2) is 18.0 Å². The first-order valence-corrected chi connectivity index (χ1v) is 12.7. The van der Waals surface area contributed by atoms with Gasteiger partial charge >= 0.3 is 5.97 Å². The van der Waals surface area contributed by atoms with Crippen LogP contribution in [-0.4, -0.2) is 99.4 Å². The fraction of sp³-hybridized carbons (Fsp3) is 0.577. The number of amides is 2. The minimum Gasteiger partial charge on any atom is -0.469 e. The third-order valence-electron chi connectivity index (χ3n) is 7.00. The first-order valence-electron chi connectivity index (χ1n) is 12.7. The molecule has 2 amide bonds. The molecule has 0 aliphatic carbocycles. The summed E-state index contributed by atoms with van der Waals surface area (Å²) in [5.74, 6) is -2.62. The van der Waals surface area contributed by atoms with Crippen LogP contribution in [-0.2, 0) is 29.5 Å². The minimum absolute atomic E-state index is 0.107. The van der Waals surface area contributed by atoms with Gasteiger partial charge in [-0.2, -0.15) is 0 Å². The number of benzene rings is 1. The van der Waals surface area contributed by atoms with Crippen molar-refractivity contribution in [1.29, 1.82) is 0 Å². The monoisotopic (exact) mass is 552 g/mol. The lowest BCUT2D eigenvalue weighted by molar-refractivity contribution is -0.274. The van der Waals surface area contributed by atoms with Crippen molar-refractivity contribution < 1.29 is 54.5 Å². The van der Waals surface area contributed by atoms with Gasteiger partial charge in [-0.25, -0.2) is 0 Å². The zero-order valence-corrected chi connectivity index (χ0v) is 21.8. The van der Waals surface area contributed by atoms with E-state index in [9.17, 15) is 39.9 Å². The normalized spacial score (nSPS) is 29.4. The molecule has 13 heteroatoms. The van der Waals surface area contributed by atoms with Crippen molar-refractivity contribution >= 4 is 29.2 Å². The van der Waals surface area contributed by atoms with Crippen LogP contribution in [0.5, 0.6) is 0 Å². The largest absolute Gasteiger partial charge is 0.469 e. The zero-order valence-electron chi connectivity index (χ0n) is 21.8. The summed E-state index contributed by atoms with van der Waals surface area (Å²) >= 11 is 0. The molecule has 7 atom stereocenters. The van der Waals surface area contributed by atoms with Gasteiger partial charge in [0.05, 0.1) is 12.8 Å². The predicted molar refractivity (Wildman–Crippen MR) is 136 cm³/mol. The summed E-state index contributed by atoms with van der Waals surface area (Å²) in [4.78, 5) is 39.2. The Hall–Kier alpha value is -2.91. The van der Waals surface area contributed by atoms with E-state index in [4.69, 9.17) is 9.84 Å². The molecule has 0 saturated carbocycles. The maximum Gasteiger partial charge on any atom is 0.305 e. The highest BCUT2D eigenvalue weighted by molar-refractivity contribution is 6.08. The quantitative estimate of drug-likeness (QED) is 0.0994. The number of fused-ring (bicyclic) bond motifs is 1. The number of methoxy groups -OCH3 is 1. The lowest BCUT2D eigenvalue weighted by atomic mass is 9.82. The number of aliphatic hydroxyl groups excluding tert-OH is 5. The van der Waals surface area contributed by atoms with Crippen molar-refractivity contribution in [3.05, 3.63) is 35.9 Å². The number of anilines is 2. The number of esters is 1. The summed E-state index contributed by atoms with van der Waals surface area (Å²) in [6, 6.07) is 4.42. The third-order valence-corrected chi connectivity index (χ3v) is 7.00. The van der Waals surface area contributed by atoms with Crippen LogP contribution in [0.15, 0.2) is 30.4 Å². The maximum atomic E-state index is 13.6. The van der Waals surface area contributed by atoms with Crippen LogP contribution in [0.2, 0.25) is 0 Å². The molecule has 1 fully saturated rings. The number of rotatable bonds is 11. The minimum atomic E-state index is -2.01. The molecule has 2 aliphatic heterocycles. The number of carbonyl (C=O) groups excluding carboxylic acids is 3. The van der Waals surface area contributed by atoms with E-state index in [2.05, 4.69) is 10.1 Å². The number of nitrogens with one attached hydrogen (secondary N) is 1. The molecule has 0 aromatic heterocycles. The van der Waals surface area contributed by atoms with Gasteiger partial charge in [-0.3, -0.25) is 14.4 Å². The molecule has 1 aromatic rings. The number of hydrogen-bond acceptors (Lipinski definition) is 11. The average Bonchev–Trinajstić information content (AvgIpc) is 3.13. The molecule has 39 heavy (non-hydrogen) atoms. The summed E-state index contributed by atoms with van der Waals surface area (Å²) in [5, 5.41) is 62.7. The van der Waals surface area contributed by atoms with E-state index in [1.807, 2.05) is 0 Å². The van der Waals surface area contributed by atoms with Gasteiger partial charge in [-0.05, 0) is 37.5 Å². The molecule has 0 spiro atoms. The van der Waals surface area contributed by atoms with Crippen molar-refractivity contribution in [3.63, 3.8) is 0 Å². The fourth-order valence-corrected chi connectivity index (χ4v) is 4.69. The van der Waals surface area contributed by atoms with Gasteiger partial charge < -0.3 is 50.3 Å². The molecular formula is C26H36N2O11. The molecule has 7 N–H and O–H groups in total. The summed E-state index contributed by atoms with van der Waals surface area (Å²) in [5.41, 5.74) is -1.26. The van der Waals surface area contributed by atoms with E-state index >= 15 is 0 Å². The molecule has 216 valence electrons. The highest BCUT2D eigenvalue weighted by Crippen LogP contribution is 2.46. The maximum absolute atomic E-state index is 13.6. The number of nitrogens with zero attached hydrogens (tertiary/aromatic N) is 1. The molecule has 13 nitrogen and oxygen atoms in total. The fourth-order valence-electron chi connectivity index (χ4n) is 4.69. The van der Waals surface area contributed by atoms with Crippen LogP contribution < -0.4 is 10.2 Å². The molecule has 3 rings (SSSR count). The highest BCUT2D eigenvalue weighted by Gasteiger charge is 2.52. The molecule has 2 aliphatic rings. The Balaban J connectivity index is 1.88. The summed E-state index contributed by atoms with van der Waals surface area (Å²) in [7, 11) is 1.29. The van der Waals surface area contributed by atoms with Gasteiger partial charge in [-0.15, -0.1) is 0 Å². The number of unbranched alkanes of at least 4 members (excludes halogenated alkanes) is 1. The van der Waals surface area contributed by atoms with Gasteiger partial charge in [-0.1, -0.05) is 19.1 Å². The smallest absolute Gasteiger partial charge is 0.305 e. The zero-order chi connectivity index (χ0) is 28.9. The Morgan fingerprint density at radius 3 is 2.56 bits per heavy atom. The SMILES string of the molecule is COC(=O)CCCCN1C(=O)[C@](O)([C@H](C)/C=C/CCO)c2cc(NC(=O)[C@H]3O[C@@H](O)[C@H](O)[C@@H](O)[C@@H]3O)ccc21. The summed E-state index contributed by atoms with van der Waals surface area (Å²) < 4.78 is 9.60. The van der Waals surface area contributed by atoms with Gasteiger partial charge in [0.2, 0.25) is 0 Å². The molecule has 0 unspecified atom stereocenters. The predicted octanol–water partition coefficient (Wildman–Crippen LogP) is -1.12. The van der Waals surface area contributed by atoms with E-state index in [0.29, 0.717) is 24.9 Å². The highest BCUT2D eigenvalue weighted by atomic mass is 16.6. The summed E-state index contributed by atoms with van der Waals surface area (Å²) in [6.07, 6.45) is -4.39. The van der Waals surface area contributed by atoms with Crippen LogP contribution in [0, 0.1) is 5.92 Å². The Morgan fingerprint density at radius 2 is 1.90 bits per heavy atom. The average molecular weight is 553 g/mol. The number of hydrogen-bond donors (Lipinski definition) is 7. The molecule has 2 heterocycles.